The van der Waals surface area contributed by atoms with Gasteiger partial charge >= 0.3 is 0 Å². The molecule has 208 valence electrons. The van der Waals surface area contributed by atoms with E-state index in [4.69, 9.17) is 17.0 Å². The maximum atomic E-state index is 13.3. The van der Waals surface area contributed by atoms with E-state index in [-0.39, 0.29) is 11.5 Å². The normalized spacial score (nSPS) is 16.2. The molecule has 2 aliphatic rings. The number of aromatic amines is 1. The quantitative estimate of drug-likeness (QED) is 0.331. The zero-order chi connectivity index (χ0) is 27.4. The van der Waals surface area contributed by atoms with Crippen LogP contribution in [0.3, 0.4) is 0 Å². The number of hydrogen-bond acceptors (Lipinski definition) is 6. The second kappa shape index (κ2) is 12.3. The van der Waals surface area contributed by atoms with Crippen molar-refractivity contribution in [2.45, 2.75) is 46.1 Å². The van der Waals surface area contributed by atoms with Gasteiger partial charge in [0.05, 0.1) is 24.1 Å². The third-order valence-corrected chi connectivity index (χ3v) is 8.49. The molecule has 1 N–H and O–H groups in total. The van der Waals surface area contributed by atoms with Crippen LogP contribution in [0.2, 0.25) is 0 Å². The van der Waals surface area contributed by atoms with E-state index in [0.29, 0.717) is 36.3 Å². The fourth-order valence-corrected chi connectivity index (χ4v) is 5.90. The molecule has 0 aliphatic carbocycles. The van der Waals surface area contributed by atoms with E-state index in [2.05, 4.69) is 46.8 Å². The molecule has 0 atom stereocenters. The Balaban J connectivity index is 1.11. The van der Waals surface area contributed by atoms with Crippen LogP contribution in [0.4, 0.5) is 11.4 Å². The molecule has 8 nitrogen and oxygen atoms in total. The van der Waals surface area contributed by atoms with Crippen LogP contribution in [-0.2, 0) is 16.1 Å². The highest BCUT2D eigenvalue weighted by Gasteiger charge is 2.22. The fraction of sp³-hybridized carbons (Fsp3) is 0.500. The minimum Gasteiger partial charge on any atom is -0.378 e. The van der Waals surface area contributed by atoms with Gasteiger partial charge in [-0.2, -0.15) is 0 Å². The maximum absolute atomic E-state index is 13.3. The average Bonchev–Trinajstić information content (AvgIpc) is 2.96. The number of carbonyl (C=O) groups is 1. The summed E-state index contributed by atoms with van der Waals surface area (Å²) >= 11 is 5.51. The smallest absolute Gasteiger partial charge is 0.262 e. The van der Waals surface area contributed by atoms with Gasteiger partial charge < -0.3 is 24.4 Å². The molecular formula is C30H39N5O3S. The highest BCUT2D eigenvalue weighted by Crippen LogP contribution is 2.24. The van der Waals surface area contributed by atoms with Crippen LogP contribution in [0.25, 0.3) is 10.9 Å². The zero-order valence-electron chi connectivity index (χ0n) is 23.1. The molecule has 2 saturated heterocycles. The summed E-state index contributed by atoms with van der Waals surface area (Å²) in [6.45, 7) is 11.2. The molecule has 0 spiro atoms. The van der Waals surface area contributed by atoms with Crippen molar-refractivity contribution in [3.8, 4) is 0 Å². The van der Waals surface area contributed by atoms with Gasteiger partial charge in [0.2, 0.25) is 5.91 Å². The fourth-order valence-electron chi connectivity index (χ4n) is 5.62. The van der Waals surface area contributed by atoms with Gasteiger partial charge in [0, 0.05) is 63.6 Å². The standard InChI is InChI=1S/C30H39N5O3S/c1-22-7-6-8-27(23(22)2)33-13-15-34(16-14-33)28(36)9-4-3-5-12-35-29(37)25-21-24(32-17-19-38-20-18-32)10-11-26(25)31-30(35)39/h6-8,10-11,21H,3-5,9,12-20H2,1-2H3,(H,31,39). The molecule has 3 aromatic rings. The maximum Gasteiger partial charge on any atom is 0.262 e. The second-order valence-corrected chi connectivity index (χ2v) is 11.0. The van der Waals surface area contributed by atoms with Crippen molar-refractivity contribution >= 4 is 40.4 Å². The summed E-state index contributed by atoms with van der Waals surface area (Å²) in [5.41, 5.74) is 5.65. The summed E-state index contributed by atoms with van der Waals surface area (Å²) in [6.07, 6.45) is 3.04. The van der Waals surface area contributed by atoms with Gasteiger partial charge in [-0.05, 0) is 74.3 Å². The van der Waals surface area contributed by atoms with Crippen LogP contribution in [0.15, 0.2) is 41.2 Å². The first-order valence-corrected chi connectivity index (χ1v) is 14.5. The lowest BCUT2D eigenvalue weighted by Crippen LogP contribution is -2.49. The van der Waals surface area contributed by atoms with E-state index < -0.39 is 0 Å². The number of unbranched alkanes of at least 4 members (excludes halogenated alkanes) is 2. The molecule has 1 amide bonds. The van der Waals surface area contributed by atoms with E-state index in [1.54, 1.807) is 4.57 Å². The number of nitrogens with zero attached hydrogens (tertiary/aromatic N) is 4. The number of ether oxygens (including phenoxy) is 1. The van der Waals surface area contributed by atoms with E-state index in [9.17, 15) is 9.59 Å². The molecule has 2 fully saturated rings. The monoisotopic (exact) mass is 549 g/mol. The Kier molecular flexibility index (Phi) is 8.67. The topological polar surface area (TPSA) is 73.8 Å². The minimum atomic E-state index is -0.0540. The van der Waals surface area contributed by atoms with Crippen molar-refractivity contribution in [1.82, 2.24) is 14.5 Å². The number of carbonyl (C=O) groups excluding carboxylic acids is 1. The first-order valence-electron chi connectivity index (χ1n) is 14.1. The SMILES string of the molecule is Cc1cccc(N2CCN(C(=O)CCCCCn3c(=S)[nH]c4ccc(N5CCOCC5)cc4c3=O)CC2)c1C. The molecule has 0 unspecified atom stereocenters. The first kappa shape index (κ1) is 27.4. The summed E-state index contributed by atoms with van der Waals surface area (Å²) in [5, 5.41) is 0.655. The van der Waals surface area contributed by atoms with Crippen molar-refractivity contribution in [3.05, 3.63) is 62.6 Å². The molecule has 39 heavy (non-hydrogen) atoms. The van der Waals surface area contributed by atoms with Crippen molar-refractivity contribution < 1.29 is 9.53 Å². The molecule has 5 rings (SSSR count). The number of aryl methyl sites for hydroxylation is 1. The van der Waals surface area contributed by atoms with Crippen LogP contribution in [0.1, 0.15) is 36.8 Å². The number of aromatic nitrogens is 2. The average molecular weight is 550 g/mol. The van der Waals surface area contributed by atoms with Crippen molar-refractivity contribution in [1.29, 1.82) is 0 Å². The van der Waals surface area contributed by atoms with E-state index in [1.807, 2.05) is 23.1 Å². The van der Waals surface area contributed by atoms with Crippen LogP contribution in [0, 0.1) is 18.6 Å². The number of amides is 1. The van der Waals surface area contributed by atoms with Gasteiger partial charge in [0.25, 0.3) is 5.56 Å². The molecule has 2 aliphatic heterocycles. The Morgan fingerprint density at radius 3 is 2.49 bits per heavy atom. The third kappa shape index (κ3) is 6.20. The zero-order valence-corrected chi connectivity index (χ0v) is 23.9. The lowest BCUT2D eigenvalue weighted by molar-refractivity contribution is -0.131. The first-order chi connectivity index (χ1) is 18.9. The number of H-pyrrole nitrogens is 1. The Bertz CT molecular complexity index is 1430. The summed E-state index contributed by atoms with van der Waals surface area (Å²) in [7, 11) is 0. The predicted octanol–water partition coefficient (Wildman–Crippen LogP) is 4.42. The molecule has 9 heteroatoms. The molecule has 0 radical (unpaired) electrons. The van der Waals surface area contributed by atoms with Gasteiger partial charge in [-0.3, -0.25) is 14.2 Å². The number of morpholine rings is 1. The van der Waals surface area contributed by atoms with Gasteiger partial charge in [-0.25, -0.2) is 0 Å². The Hall–Kier alpha value is -3.17. The minimum absolute atomic E-state index is 0.0540. The second-order valence-electron chi connectivity index (χ2n) is 10.6. The van der Waals surface area contributed by atoms with Crippen molar-refractivity contribution in [2.24, 2.45) is 0 Å². The number of piperazine rings is 1. The lowest BCUT2D eigenvalue weighted by Gasteiger charge is -2.37. The predicted molar refractivity (Wildman–Crippen MR) is 160 cm³/mol. The van der Waals surface area contributed by atoms with Gasteiger partial charge in [0.1, 0.15) is 0 Å². The van der Waals surface area contributed by atoms with Gasteiger partial charge in [-0.1, -0.05) is 18.6 Å². The van der Waals surface area contributed by atoms with E-state index in [1.165, 1.54) is 16.8 Å². The van der Waals surface area contributed by atoms with Crippen LogP contribution < -0.4 is 15.4 Å². The molecule has 0 bridgehead atoms. The lowest BCUT2D eigenvalue weighted by atomic mass is 10.1. The molecule has 2 aromatic carbocycles. The van der Waals surface area contributed by atoms with E-state index >= 15 is 0 Å². The summed E-state index contributed by atoms with van der Waals surface area (Å²) in [5.74, 6) is 0.228. The number of anilines is 2. The molecule has 0 saturated carbocycles. The van der Waals surface area contributed by atoms with Crippen LogP contribution >= 0.6 is 12.2 Å². The van der Waals surface area contributed by atoms with Gasteiger partial charge in [0.15, 0.2) is 4.77 Å². The molecule has 3 heterocycles. The third-order valence-electron chi connectivity index (χ3n) is 8.16. The van der Waals surface area contributed by atoms with Crippen molar-refractivity contribution in [3.63, 3.8) is 0 Å². The van der Waals surface area contributed by atoms with Crippen LogP contribution in [-0.4, -0.2) is 72.8 Å². The van der Waals surface area contributed by atoms with Gasteiger partial charge in [-0.15, -0.1) is 0 Å². The number of fused-ring (bicyclic) bond motifs is 1. The Morgan fingerprint density at radius 1 is 0.949 bits per heavy atom. The Morgan fingerprint density at radius 2 is 1.72 bits per heavy atom. The number of benzene rings is 2. The molecular weight excluding hydrogens is 510 g/mol. The molecule has 1 aromatic heterocycles. The highest BCUT2D eigenvalue weighted by atomic mass is 32.1. The highest BCUT2D eigenvalue weighted by molar-refractivity contribution is 7.71. The van der Waals surface area contributed by atoms with Crippen LogP contribution in [0.5, 0.6) is 0 Å². The Labute approximate surface area is 235 Å². The summed E-state index contributed by atoms with van der Waals surface area (Å²) in [4.78, 5) is 36.0. The summed E-state index contributed by atoms with van der Waals surface area (Å²) in [6, 6.07) is 12.4. The number of hydrogen-bond donors (Lipinski definition) is 1. The van der Waals surface area contributed by atoms with Crippen molar-refractivity contribution in [2.75, 3.05) is 62.3 Å². The van der Waals surface area contributed by atoms with E-state index in [0.717, 1.165) is 69.7 Å². The number of rotatable bonds is 8. The summed E-state index contributed by atoms with van der Waals surface area (Å²) < 4.78 is 7.57. The number of nitrogens with one attached hydrogen (secondary N) is 1. The largest absolute Gasteiger partial charge is 0.378 e.